The molecule has 0 bridgehead atoms. The Bertz CT molecular complexity index is 236. The van der Waals surface area contributed by atoms with Gasteiger partial charge in [0.15, 0.2) is 0 Å². The molecule has 3 N–H and O–H groups in total. The third kappa shape index (κ3) is 2.90. The average molecular weight is 226 g/mol. The Hall–Kier alpha value is -0.170. The molecule has 1 aliphatic heterocycles. The van der Waals surface area contributed by atoms with Crippen LogP contribution < -0.4 is 11.1 Å². The zero-order chi connectivity index (χ0) is 11.3. The fourth-order valence-corrected chi connectivity index (χ4v) is 3.57. The largest absolute Gasteiger partial charge is 0.329 e. The summed E-state index contributed by atoms with van der Waals surface area (Å²) in [6.07, 6.45) is 8.82. The van der Waals surface area contributed by atoms with Crippen LogP contribution in [-0.2, 0) is 0 Å². The van der Waals surface area contributed by atoms with E-state index in [9.17, 15) is 0 Å². The van der Waals surface area contributed by atoms with Crippen LogP contribution in [0, 0.1) is 12.3 Å². The summed E-state index contributed by atoms with van der Waals surface area (Å²) in [5.41, 5.74) is 5.98. The van der Waals surface area contributed by atoms with E-state index >= 15 is 0 Å². The fraction of sp³-hybridized carbons (Fsp3) is 0.833. The summed E-state index contributed by atoms with van der Waals surface area (Å²) in [4.78, 5) is 0. The Morgan fingerprint density at radius 2 is 2.47 bits per heavy atom. The van der Waals surface area contributed by atoms with Crippen LogP contribution in [0.1, 0.15) is 33.1 Å². The van der Waals surface area contributed by atoms with Crippen molar-refractivity contribution in [3.8, 4) is 12.3 Å². The Morgan fingerprint density at radius 3 is 2.87 bits per heavy atom. The Kier molecular flexibility index (Phi) is 4.98. The van der Waals surface area contributed by atoms with Crippen LogP contribution in [0.2, 0.25) is 0 Å². The highest BCUT2D eigenvalue weighted by Gasteiger charge is 2.40. The van der Waals surface area contributed by atoms with Crippen LogP contribution in [-0.4, -0.2) is 29.1 Å². The molecule has 86 valence electrons. The summed E-state index contributed by atoms with van der Waals surface area (Å²) >= 11 is 1.99. The summed E-state index contributed by atoms with van der Waals surface area (Å²) in [7, 11) is 0. The fourth-order valence-electron chi connectivity index (χ4n) is 2.13. The van der Waals surface area contributed by atoms with Gasteiger partial charge in [-0.05, 0) is 18.6 Å². The first-order valence-corrected chi connectivity index (χ1v) is 6.79. The molecule has 2 nitrogen and oxygen atoms in total. The molecule has 3 unspecified atom stereocenters. The number of terminal acetylenes is 1. The first-order chi connectivity index (χ1) is 7.18. The van der Waals surface area contributed by atoms with Crippen molar-refractivity contribution >= 4 is 11.8 Å². The third-order valence-electron chi connectivity index (χ3n) is 3.30. The number of hydrogen-bond acceptors (Lipinski definition) is 3. The third-order valence-corrected chi connectivity index (χ3v) is 4.69. The summed E-state index contributed by atoms with van der Waals surface area (Å²) < 4.78 is 0. The molecule has 0 aromatic rings. The second kappa shape index (κ2) is 5.79. The van der Waals surface area contributed by atoms with Crippen molar-refractivity contribution in [3.63, 3.8) is 0 Å². The maximum Gasteiger partial charge on any atom is 0.0691 e. The van der Waals surface area contributed by atoms with Crippen LogP contribution in [0.15, 0.2) is 0 Å². The second-order valence-corrected chi connectivity index (χ2v) is 5.72. The number of rotatable bonds is 5. The molecule has 15 heavy (non-hydrogen) atoms. The van der Waals surface area contributed by atoms with Crippen molar-refractivity contribution in [1.29, 1.82) is 0 Å². The molecule has 3 atom stereocenters. The quantitative estimate of drug-likeness (QED) is 0.699. The van der Waals surface area contributed by atoms with Crippen molar-refractivity contribution in [2.45, 2.75) is 49.9 Å². The highest BCUT2D eigenvalue weighted by Crippen LogP contribution is 2.35. The monoisotopic (exact) mass is 226 g/mol. The molecule has 0 amide bonds. The van der Waals surface area contributed by atoms with E-state index in [0.717, 1.165) is 19.3 Å². The maximum absolute atomic E-state index is 5.91. The molecular formula is C12H22N2S. The summed E-state index contributed by atoms with van der Waals surface area (Å²) in [6.45, 7) is 5.09. The lowest BCUT2D eigenvalue weighted by Gasteiger charge is -2.35. The molecule has 3 heteroatoms. The molecule has 1 rings (SSSR count). The number of thioether (sulfide) groups is 1. The van der Waals surface area contributed by atoms with Gasteiger partial charge in [-0.15, -0.1) is 6.42 Å². The lowest BCUT2D eigenvalue weighted by Crippen LogP contribution is -2.58. The molecule has 0 aromatic heterocycles. The molecule has 0 radical (unpaired) electrons. The van der Waals surface area contributed by atoms with E-state index in [1.165, 1.54) is 5.75 Å². The van der Waals surface area contributed by atoms with Gasteiger partial charge in [-0.25, -0.2) is 0 Å². The normalized spacial score (nSPS) is 32.5. The Balaban J connectivity index is 2.63. The number of nitrogens with one attached hydrogen (secondary N) is 1. The molecule has 1 heterocycles. The van der Waals surface area contributed by atoms with Gasteiger partial charge in [-0.1, -0.05) is 26.2 Å². The van der Waals surface area contributed by atoms with Gasteiger partial charge in [0.05, 0.1) is 6.04 Å². The van der Waals surface area contributed by atoms with Crippen LogP contribution in [0.5, 0.6) is 0 Å². The molecular weight excluding hydrogens is 204 g/mol. The zero-order valence-electron chi connectivity index (χ0n) is 9.75. The molecule has 0 saturated carbocycles. The van der Waals surface area contributed by atoms with Gasteiger partial charge in [0.2, 0.25) is 0 Å². The molecule has 1 fully saturated rings. The van der Waals surface area contributed by atoms with E-state index in [-0.39, 0.29) is 11.6 Å². The second-order valence-electron chi connectivity index (χ2n) is 4.28. The minimum atomic E-state index is 0.0663. The first-order valence-electron chi connectivity index (χ1n) is 5.74. The maximum atomic E-state index is 5.91. The topological polar surface area (TPSA) is 38.0 Å². The van der Waals surface area contributed by atoms with Crippen molar-refractivity contribution in [2.24, 2.45) is 5.73 Å². The van der Waals surface area contributed by atoms with Crippen LogP contribution in [0.25, 0.3) is 0 Å². The van der Waals surface area contributed by atoms with Crippen molar-refractivity contribution in [2.75, 3.05) is 12.3 Å². The molecule has 0 spiro atoms. The number of nitrogens with two attached hydrogens (primary N) is 1. The van der Waals surface area contributed by atoms with Gasteiger partial charge in [0, 0.05) is 17.3 Å². The molecule has 0 aliphatic carbocycles. The smallest absolute Gasteiger partial charge is 0.0691 e. The van der Waals surface area contributed by atoms with Crippen LogP contribution in [0.4, 0.5) is 0 Å². The number of hydrogen-bond donors (Lipinski definition) is 2. The zero-order valence-corrected chi connectivity index (χ0v) is 10.6. The van der Waals surface area contributed by atoms with Gasteiger partial charge < -0.3 is 5.73 Å². The summed E-state index contributed by atoms with van der Waals surface area (Å²) in [5, 5.41) is 4.16. The Labute approximate surface area is 97.8 Å². The van der Waals surface area contributed by atoms with Crippen molar-refractivity contribution in [3.05, 3.63) is 0 Å². The van der Waals surface area contributed by atoms with Gasteiger partial charge in [-0.3, -0.25) is 5.32 Å². The van der Waals surface area contributed by atoms with E-state index < -0.39 is 0 Å². The van der Waals surface area contributed by atoms with Crippen LogP contribution >= 0.6 is 11.8 Å². The standard InChI is InChI=1S/C12H22N2S/c1-4-6-11(5-2)14-12(9-13)7-8-15-10(12)3/h2,10-11,14H,4,6-9,13H2,1,3H3. The summed E-state index contributed by atoms with van der Waals surface area (Å²) in [6, 6.07) is 0.180. The van der Waals surface area contributed by atoms with E-state index in [4.69, 9.17) is 12.2 Å². The van der Waals surface area contributed by atoms with Gasteiger partial charge in [0.25, 0.3) is 0 Å². The predicted octanol–water partition coefficient (Wildman–Crippen LogP) is 1.60. The predicted molar refractivity (Wildman–Crippen MR) is 69.0 cm³/mol. The van der Waals surface area contributed by atoms with E-state index in [1.54, 1.807) is 0 Å². The molecule has 1 saturated heterocycles. The minimum absolute atomic E-state index is 0.0663. The Morgan fingerprint density at radius 1 is 1.73 bits per heavy atom. The average Bonchev–Trinajstić information content (AvgIpc) is 2.60. The highest BCUT2D eigenvalue weighted by molar-refractivity contribution is 8.00. The van der Waals surface area contributed by atoms with Crippen molar-refractivity contribution in [1.82, 2.24) is 5.32 Å². The highest BCUT2D eigenvalue weighted by atomic mass is 32.2. The van der Waals surface area contributed by atoms with E-state index in [1.807, 2.05) is 11.8 Å². The lowest BCUT2D eigenvalue weighted by molar-refractivity contribution is 0.308. The first kappa shape index (κ1) is 12.9. The van der Waals surface area contributed by atoms with Crippen molar-refractivity contribution < 1.29 is 0 Å². The summed E-state index contributed by atoms with van der Waals surface area (Å²) in [5.74, 6) is 4.02. The van der Waals surface area contributed by atoms with E-state index in [2.05, 4.69) is 25.1 Å². The van der Waals surface area contributed by atoms with Crippen LogP contribution in [0.3, 0.4) is 0 Å². The SMILES string of the molecule is C#CC(CCC)NC1(CN)CCSC1C. The lowest BCUT2D eigenvalue weighted by atomic mass is 9.91. The van der Waals surface area contributed by atoms with Gasteiger partial charge in [0.1, 0.15) is 0 Å². The minimum Gasteiger partial charge on any atom is -0.329 e. The molecule has 1 aliphatic rings. The van der Waals surface area contributed by atoms with Gasteiger partial charge in [-0.2, -0.15) is 11.8 Å². The van der Waals surface area contributed by atoms with E-state index in [0.29, 0.717) is 11.8 Å². The van der Waals surface area contributed by atoms with Gasteiger partial charge >= 0.3 is 0 Å². The molecule has 0 aromatic carbocycles.